The van der Waals surface area contributed by atoms with E-state index in [0.717, 1.165) is 19.4 Å². The number of nitrogens with zero attached hydrogens (tertiary/aromatic N) is 3. The number of aromatic nitrogens is 3. The summed E-state index contributed by atoms with van der Waals surface area (Å²) in [6.45, 7) is 3.12. The van der Waals surface area contributed by atoms with E-state index in [4.69, 9.17) is 5.73 Å². The Morgan fingerprint density at radius 3 is 3.07 bits per heavy atom. The Morgan fingerprint density at radius 2 is 2.47 bits per heavy atom. The quantitative estimate of drug-likeness (QED) is 0.663. The molecule has 6 nitrogen and oxygen atoms in total. The largest absolute Gasteiger partial charge is 0.334 e. The van der Waals surface area contributed by atoms with E-state index in [1.807, 2.05) is 0 Å². The van der Waals surface area contributed by atoms with Gasteiger partial charge in [-0.05, 0) is 19.8 Å². The van der Waals surface area contributed by atoms with Crippen LogP contribution in [0.1, 0.15) is 29.3 Å². The summed E-state index contributed by atoms with van der Waals surface area (Å²) in [7, 11) is 0. The third kappa shape index (κ3) is 2.15. The highest BCUT2D eigenvalue weighted by molar-refractivity contribution is 5.90. The number of likely N-dealkylation sites (tertiary alicyclic amines) is 1. The molecule has 1 aliphatic rings. The fourth-order valence-electron chi connectivity index (χ4n) is 1.77. The summed E-state index contributed by atoms with van der Waals surface area (Å²) in [6, 6.07) is 0.0859. The lowest BCUT2D eigenvalue weighted by molar-refractivity contribution is 0.0697. The molecular weight excluding hydrogens is 194 g/mol. The van der Waals surface area contributed by atoms with Gasteiger partial charge in [-0.25, -0.2) is 4.98 Å². The highest BCUT2D eigenvalue weighted by Crippen LogP contribution is 2.10. The van der Waals surface area contributed by atoms with E-state index in [1.54, 1.807) is 11.8 Å². The van der Waals surface area contributed by atoms with Crippen LogP contribution in [0.2, 0.25) is 0 Å². The standard InChI is InChI=1S/C9H15N5O/c1-6-11-8(13-12-6)9(15)14-4-2-3-7(10)5-14/h7H,2-5,10H2,1H3,(H,11,12,13). The molecule has 0 bridgehead atoms. The molecule has 0 aliphatic carbocycles. The molecule has 0 spiro atoms. The zero-order valence-electron chi connectivity index (χ0n) is 8.73. The SMILES string of the molecule is Cc1nc(C(=O)N2CCCC(N)C2)n[nH]1. The first kappa shape index (κ1) is 10.1. The monoisotopic (exact) mass is 209 g/mol. The van der Waals surface area contributed by atoms with E-state index in [9.17, 15) is 4.79 Å². The Bertz CT molecular complexity index is 361. The molecular formula is C9H15N5O. The van der Waals surface area contributed by atoms with Crippen molar-refractivity contribution in [3.8, 4) is 0 Å². The van der Waals surface area contributed by atoms with Gasteiger partial charge in [0.2, 0.25) is 5.82 Å². The first-order valence-electron chi connectivity index (χ1n) is 5.10. The molecule has 15 heavy (non-hydrogen) atoms. The van der Waals surface area contributed by atoms with Crippen LogP contribution in [0.25, 0.3) is 0 Å². The second-order valence-electron chi connectivity index (χ2n) is 3.90. The van der Waals surface area contributed by atoms with Crippen molar-refractivity contribution < 1.29 is 4.79 Å². The maximum atomic E-state index is 11.9. The van der Waals surface area contributed by atoms with Gasteiger partial charge in [-0.3, -0.25) is 9.89 Å². The molecule has 0 aromatic carbocycles. The van der Waals surface area contributed by atoms with Crippen molar-refractivity contribution in [2.75, 3.05) is 13.1 Å². The number of amides is 1. The number of rotatable bonds is 1. The van der Waals surface area contributed by atoms with Crippen LogP contribution in [0, 0.1) is 6.92 Å². The molecule has 82 valence electrons. The molecule has 0 saturated carbocycles. The molecule has 6 heteroatoms. The normalized spacial score (nSPS) is 21.7. The zero-order chi connectivity index (χ0) is 10.8. The van der Waals surface area contributed by atoms with E-state index in [1.165, 1.54) is 0 Å². The van der Waals surface area contributed by atoms with Crippen molar-refractivity contribution >= 4 is 5.91 Å². The van der Waals surface area contributed by atoms with Gasteiger partial charge >= 0.3 is 0 Å². The summed E-state index contributed by atoms with van der Waals surface area (Å²) in [5.74, 6) is 0.760. The topological polar surface area (TPSA) is 87.9 Å². The Hall–Kier alpha value is -1.43. The lowest BCUT2D eigenvalue weighted by Gasteiger charge is -2.29. The van der Waals surface area contributed by atoms with Crippen molar-refractivity contribution in [1.82, 2.24) is 20.1 Å². The second-order valence-corrected chi connectivity index (χ2v) is 3.90. The molecule has 1 fully saturated rings. The summed E-state index contributed by atoms with van der Waals surface area (Å²) in [5.41, 5.74) is 5.80. The first-order chi connectivity index (χ1) is 7.16. The molecule has 0 radical (unpaired) electrons. The van der Waals surface area contributed by atoms with Crippen LogP contribution in [0.15, 0.2) is 0 Å². The number of nitrogens with two attached hydrogens (primary N) is 1. The van der Waals surface area contributed by atoms with E-state index < -0.39 is 0 Å². The average molecular weight is 209 g/mol. The van der Waals surface area contributed by atoms with Crippen LogP contribution in [-0.2, 0) is 0 Å². The van der Waals surface area contributed by atoms with E-state index in [2.05, 4.69) is 15.2 Å². The number of carbonyl (C=O) groups is 1. The van der Waals surface area contributed by atoms with Crippen LogP contribution in [0.3, 0.4) is 0 Å². The molecule has 1 aromatic heterocycles. The first-order valence-corrected chi connectivity index (χ1v) is 5.10. The highest BCUT2D eigenvalue weighted by atomic mass is 16.2. The molecule has 3 N–H and O–H groups in total. The Balaban J connectivity index is 2.07. The zero-order valence-corrected chi connectivity index (χ0v) is 8.73. The summed E-state index contributed by atoms with van der Waals surface area (Å²) < 4.78 is 0. The van der Waals surface area contributed by atoms with E-state index in [0.29, 0.717) is 12.4 Å². The maximum Gasteiger partial charge on any atom is 0.293 e. The van der Waals surface area contributed by atoms with Crippen LogP contribution in [-0.4, -0.2) is 45.1 Å². The molecule has 1 atom stereocenters. The van der Waals surface area contributed by atoms with Crippen molar-refractivity contribution in [2.24, 2.45) is 5.73 Å². The molecule has 1 aliphatic heterocycles. The number of nitrogens with one attached hydrogen (secondary N) is 1. The Kier molecular flexibility index (Phi) is 2.68. The van der Waals surface area contributed by atoms with Crippen molar-refractivity contribution in [1.29, 1.82) is 0 Å². The predicted octanol–water partition coefficient (Wildman–Crippen LogP) is -0.324. The molecule has 1 aromatic rings. The molecule has 1 unspecified atom stereocenters. The van der Waals surface area contributed by atoms with Gasteiger partial charge in [0, 0.05) is 19.1 Å². The van der Waals surface area contributed by atoms with Gasteiger partial charge in [-0.2, -0.15) is 0 Å². The van der Waals surface area contributed by atoms with Crippen LogP contribution in [0.5, 0.6) is 0 Å². The summed E-state index contributed by atoms with van der Waals surface area (Å²) in [6.07, 6.45) is 1.94. The second kappa shape index (κ2) is 3.98. The summed E-state index contributed by atoms with van der Waals surface area (Å²) in [5, 5.41) is 6.51. The summed E-state index contributed by atoms with van der Waals surface area (Å²) >= 11 is 0. The fraction of sp³-hybridized carbons (Fsp3) is 0.667. The van der Waals surface area contributed by atoms with E-state index >= 15 is 0 Å². The molecule has 1 saturated heterocycles. The number of hydrogen-bond donors (Lipinski definition) is 2. The third-order valence-corrected chi connectivity index (χ3v) is 2.53. The number of H-pyrrole nitrogens is 1. The van der Waals surface area contributed by atoms with Gasteiger partial charge in [0.15, 0.2) is 0 Å². The lowest BCUT2D eigenvalue weighted by Crippen LogP contribution is -2.46. The molecule has 1 amide bonds. The summed E-state index contributed by atoms with van der Waals surface area (Å²) in [4.78, 5) is 17.6. The number of aromatic amines is 1. The van der Waals surface area contributed by atoms with Crippen molar-refractivity contribution in [2.45, 2.75) is 25.8 Å². The lowest BCUT2D eigenvalue weighted by atomic mass is 10.1. The third-order valence-electron chi connectivity index (χ3n) is 2.53. The van der Waals surface area contributed by atoms with Crippen molar-refractivity contribution in [3.63, 3.8) is 0 Å². The predicted molar refractivity (Wildman–Crippen MR) is 54.2 cm³/mol. The van der Waals surface area contributed by atoms with Crippen LogP contribution < -0.4 is 5.73 Å². The van der Waals surface area contributed by atoms with Gasteiger partial charge < -0.3 is 10.6 Å². The van der Waals surface area contributed by atoms with Gasteiger partial charge in [0.25, 0.3) is 5.91 Å². The molecule has 2 rings (SSSR count). The van der Waals surface area contributed by atoms with Gasteiger partial charge in [-0.15, -0.1) is 5.10 Å². The Labute approximate surface area is 87.9 Å². The fourth-order valence-corrected chi connectivity index (χ4v) is 1.77. The smallest absolute Gasteiger partial charge is 0.293 e. The van der Waals surface area contributed by atoms with Crippen LogP contribution in [0.4, 0.5) is 0 Å². The van der Waals surface area contributed by atoms with Gasteiger partial charge in [0.05, 0.1) is 0 Å². The van der Waals surface area contributed by atoms with Gasteiger partial charge in [-0.1, -0.05) is 0 Å². The van der Waals surface area contributed by atoms with Gasteiger partial charge in [0.1, 0.15) is 5.82 Å². The number of aryl methyl sites for hydroxylation is 1. The average Bonchev–Trinajstić information content (AvgIpc) is 2.64. The van der Waals surface area contributed by atoms with Crippen LogP contribution >= 0.6 is 0 Å². The maximum absolute atomic E-state index is 11.9. The van der Waals surface area contributed by atoms with Crippen molar-refractivity contribution in [3.05, 3.63) is 11.6 Å². The minimum atomic E-state index is -0.130. The highest BCUT2D eigenvalue weighted by Gasteiger charge is 2.24. The number of hydrogen-bond acceptors (Lipinski definition) is 4. The minimum absolute atomic E-state index is 0.0859. The Morgan fingerprint density at radius 1 is 1.67 bits per heavy atom. The number of piperidine rings is 1. The number of carbonyl (C=O) groups excluding carboxylic acids is 1. The van der Waals surface area contributed by atoms with E-state index in [-0.39, 0.29) is 17.8 Å². The minimum Gasteiger partial charge on any atom is -0.334 e. The molecule has 2 heterocycles.